The van der Waals surface area contributed by atoms with Gasteiger partial charge in [-0.3, -0.25) is 4.79 Å². The summed E-state index contributed by atoms with van der Waals surface area (Å²) < 4.78 is 5.43. The molecule has 2 rings (SSSR count). The molecule has 4 heteroatoms. The standard InChI is InChI=1S/C19H24N2O2/c1-14(20)8-11-19(22)21-17-9-10-18(23-2)16(13-17)12-15-6-4-3-5-7-15/h3-7,9-10,13-14H,8,11-12,20H2,1-2H3,(H,21,22). The molecule has 0 spiro atoms. The number of hydrogen-bond donors (Lipinski definition) is 2. The summed E-state index contributed by atoms with van der Waals surface area (Å²) in [6.45, 7) is 1.90. The van der Waals surface area contributed by atoms with Gasteiger partial charge in [0.1, 0.15) is 5.75 Å². The molecule has 0 aliphatic rings. The van der Waals surface area contributed by atoms with Crippen LogP contribution >= 0.6 is 0 Å². The van der Waals surface area contributed by atoms with E-state index in [0.29, 0.717) is 12.8 Å². The molecule has 0 saturated carbocycles. The molecule has 0 aromatic heterocycles. The van der Waals surface area contributed by atoms with Gasteiger partial charge >= 0.3 is 0 Å². The maximum absolute atomic E-state index is 11.9. The molecule has 0 bridgehead atoms. The van der Waals surface area contributed by atoms with E-state index in [0.717, 1.165) is 23.4 Å². The lowest BCUT2D eigenvalue weighted by Gasteiger charge is -2.12. The Bertz CT molecular complexity index is 639. The van der Waals surface area contributed by atoms with Gasteiger partial charge in [0.05, 0.1) is 7.11 Å². The van der Waals surface area contributed by atoms with Crippen LogP contribution in [0.25, 0.3) is 0 Å². The third-order valence-electron chi connectivity index (χ3n) is 3.63. The second-order valence-corrected chi connectivity index (χ2v) is 5.75. The first-order valence-electron chi connectivity index (χ1n) is 7.84. The van der Waals surface area contributed by atoms with Crippen LogP contribution in [-0.2, 0) is 11.2 Å². The normalized spacial score (nSPS) is 11.8. The van der Waals surface area contributed by atoms with Crippen molar-refractivity contribution in [2.45, 2.75) is 32.2 Å². The van der Waals surface area contributed by atoms with Crippen molar-refractivity contribution >= 4 is 11.6 Å². The number of carbonyl (C=O) groups is 1. The first-order chi connectivity index (χ1) is 11.1. The predicted molar refractivity (Wildman–Crippen MR) is 93.8 cm³/mol. The average Bonchev–Trinajstić information content (AvgIpc) is 2.54. The highest BCUT2D eigenvalue weighted by Crippen LogP contribution is 2.25. The van der Waals surface area contributed by atoms with E-state index in [1.807, 2.05) is 43.3 Å². The summed E-state index contributed by atoms with van der Waals surface area (Å²) in [6.07, 6.45) is 1.87. The van der Waals surface area contributed by atoms with E-state index in [1.54, 1.807) is 7.11 Å². The Morgan fingerprint density at radius 1 is 1.22 bits per heavy atom. The average molecular weight is 312 g/mol. The number of amides is 1. The summed E-state index contributed by atoms with van der Waals surface area (Å²) in [5.74, 6) is 0.806. The van der Waals surface area contributed by atoms with Crippen LogP contribution < -0.4 is 15.8 Å². The monoisotopic (exact) mass is 312 g/mol. The van der Waals surface area contributed by atoms with Gasteiger partial charge in [-0.2, -0.15) is 0 Å². The number of ether oxygens (including phenoxy) is 1. The van der Waals surface area contributed by atoms with Crippen molar-refractivity contribution in [1.29, 1.82) is 0 Å². The maximum atomic E-state index is 11.9. The molecular weight excluding hydrogens is 288 g/mol. The van der Waals surface area contributed by atoms with Crippen LogP contribution in [0.1, 0.15) is 30.9 Å². The first kappa shape index (κ1) is 17.0. The van der Waals surface area contributed by atoms with Crippen molar-refractivity contribution < 1.29 is 9.53 Å². The third kappa shape index (κ3) is 5.42. The van der Waals surface area contributed by atoms with E-state index in [-0.39, 0.29) is 11.9 Å². The molecule has 0 radical (unpaired) electrons. The number of nitrogens with one attached hydrogen (secondary N) is 1. The second kappa shape index (κ2) is 8.34. The highest BCUT2D eigenvalue weighted by atomic mass is 16.5. The lowest BCUT2D eigenvalue weighted by Crippen LogP contribution is -2.19. The van der Waals surface area contributed by atoms with Crippen molar-refractivity contribution in [1.82, 2.24) is 0 Å². The summed E-state index contributed by atoms with van der Waals surface area (Å²) >= 11 is 0. The molecule has 4 nitrogen and oxygen atoms in total. The number of carbonyl (C=O) groups excluding carboxylic acids is 1. The number of hydrogen-bond acceptors (Lipinski definition) is 3. The lowest BCUT2D eigenvalue weighted by atomic mass is 10.0. The highest BCUT2D eigenvalue weighted by molar-refractivity contribution is 5.90. The Balaban J connectivity index is 2.10. The molecule has 0 heterocycles. The van der Waals surface area contributed by atoms with Crippen molar-refractivity contribution in [3.8, 4) is 5.75 Å². The van der Waals surface area contributed by atoms with Crippen LogP contribution in [0, 0.1) is 0 Å². The fourth-order valence-electron chi connectivity index (χ4n) is 2.39. The van der Waals surface area contributed by atoms with Crippen LogP contribution in [0.15, 0.2) is 48.5 Å². The van der Waals surface area contributed by atoms with Gasteiger partial charge in [-0.1, -0.05) is 30.3 Å². The van der Waals surface area contributed by atoms with Gasteiger partial charge in [0.15, 0.2) is 0 Å². The minimum atomic E-state index is -0.0156. The SMILES string of the molecule is COc1ccc(NC(=O)CCC(C)N)cc1Cc1ccccc1. The number of nitrogens with two attached hydrogens (primary N) is 1. The Hall–Kier alpha value is -2.33. The Kier molecular flexibility index (Phi) is 6.18. The van der Waals surface area contributed by atoms with Gasteiger partial charge in [0, 0.05) is 30.1 Å². The predicted octanol–water partition coefficient (Wildman–Crippen LogP) is 3.35. The quantitative estimate of drug-likeness (QED) is 0.824. The first-order valence-corrected chi connectivity index (χ1v) is 7.84. The van der Waals surface area contributed by atoms with Crippen LogP contribution in [0.3, 0.4) is 0 Å². The van der Waals surface area contributed by atoms with E-state index in [1.165, 1.54) is 5.56 Å². The Morgan fingerprint density at radius 2 is 1.96 bits per heavy atom. The van der Waals surface area contributed by atoms with Gasteiger partial charge in [0.2, 0.25) is 5.91 Å². The largest absolute Gasteiger partial charge is 0.496 e. The molecule has 1 amide bonds. The molecule has 3 N–H and O–H groups in total. The third-order valence-corrected chi connectivity index (χ3v) is 3.63. The fraction of sp³-hybridized carbons (Fsp3) is 0.316. The van der Waals surface area contributed by atoms with Gasteiger partial charge < -0.3 is 15.8 Å². The minimum Gasteiger partial charge on any atom is -0.496 e. The lowest BCUT2D eigenvalue weighted by molar-refractivity contribution is -0.116. The maximum Gasteiger partial charge on any atom is 0.224 e. The molecular formula is C19H24N2O2. The highest BCUT2D eigenvalue weighted by Gasteiger charge is 2.09. The smallest absolute Gasteiger partial charge is 0.224 e. The van der Waals surface area contributed by atoms with E-state index in [2.05, 4.69) is 17.4 Å². The summed E-state index contributed by atoms with van der Waals surface area (Å²) in [5, 5.41) is 2.92. The van der Waals surface area contributed by atoms with Crippen molar-refractivity contribution in [2.24, 2.45) is 5.73 Å². The van der Waals surface area contributed by atoms with E-state index in [9.17, 15) is 4.79 Å². The summed E-state index contributed by atoms with van der Waals surface area (Å²) in [6, 6.07) is 15.9. The van der Waals surface area contributed by atoms with Crippen molar-refractivity contribution in [3.05, 3.63) is 59.7 Å². The molecule has 122 valence electrons. The van der Waals surface area contributed by atoms with E-state index >= 15 is 0 Å². The van der Waals surface area contributed by atoms with Crippen LogP contribution in [-0.4, -0.2) is 19.1 Å². The molecule has 0 saturated heterocycles. The van der Waals surface area contributed by atoms with Crippen molar-refractivity contribution in [3.63, 3.8) is 0 Å². The zero-order chi connectivity index (χ0) is 16.7. The van der Waals surface area contributed by atoms with E-state index in [4.69, 9.17) is 10.5 Å². The summed E-state index contributed by atoms with van der Waals surface area (Å²) in [4.78, 5) is 11.9. The number of benzene rings is 2. The summed E-state index contributed by atoms with van der Waals surface area (Å²) in [5.41, 5.74) is 8.71. The molecule has 0 fully saturated rings. The van der Waals surface area contributed by atoms with Gasteiger partial charge in [-0.05, 0) is 37.1 Å². The molecule has 23 heavy (non-hydrogen) atoms. The second-order valence-electron chi connectivity index (χ2n) is 5.75. The molecule has 2 aromatic carbocycles. The fourth-order valence-corrected chi connectivity index (χ4v) is 2.39. The molecule has 1 unspecified atom stereocenters. The van der Waals surface area contributed by atoms with Gasteiger partial charge in [-0.15, -0.1) is 0 Å². The Morgan fingerprint density at radius 3 is 2.61 bits per heavy atom. The molecule has 0 aliphatic carbocycles. The van der Waals surface area contributed by atoms with Crippen LogP contribution in [0.5, 0.6) is 5.75 Å². The topological polar surface area (TPSA) is 64.3 Å². The zero-order valence-corrected chi connectivity index (χ0v) is 13.7. The molecule has 1 atom stereocenters. The number of anilines is 1. The zero-order valence-electron chi connectivity index (χ0n) is 13.7. The van der Waals surface area contributed by atoms with E-state index < -0.39 is 0 Å². The summed E-state index contributed by atoms with van der Waals surface area (Å²) in [7, 11) is 1.66. The van der Waals surface area contributed by atoms with Crippen LogP contribution in [0.4, 0.5) is 5.69 Å². The van der Waals surface area contributed by atoms with Crippen LogP contribution in [0.2, 0.25) is 0 Å². The Labute approximate surface area is 137 Å². The van der Waals surface area contributed by atoms with Crippen molar-refractivity contribution in [2.75, 3.05) is 12.4 Å². The number of rotatable bonds is 7. The van der Waals surface area contributed by atoms with Gasteiger partial charge in [0.25, 0.3) is 0 Å². The van der Waals surface area contributed by atoms with Gasteiger partial charge in [-0.25, -0.2) is 0 Å². The molecule has 2 aromatic rings. The molecule has 0 aliphatic heterocycles. The minimum absolute atomic E-state index is 0.0156. The number of methoxy groups -OCH3 is 1.